The Balaban J connectivity index is 2.27. The third kappa shape index (κ3) is 3.01. The number of aromatic nitrogens is 2. The van der Waals surface area contributed by atoms with Gasteiger partial charge in [-0.25, -0.2) is 0 Å². The largest absolute Gasteiger partial charge is 0.396 e. The zero-order valence-corrected chi connectivity index (χ0v) is 13.6. The number of halogens is 1. The van der Waals surface area contributed by atoms with Gasteiger partial charge in [-0.1, -0.05) is 48.0 Å². The fourth-order valence-corrected chi connectivity index (χ4v) is 2.51. The molecule has 0 aliphatic heterocycles. The maximum atomic E-state index is 12.7. The van der Waals surface area contributed by atoms with Crippen molar-refractivity contribution in [1.82, 2.24) is 9.78 Å². The number of carbonyl (C=O) groups is 1. The molecule has 0 saturated heterocycles. The van der Waals surface area contributed by atoms with Gasteiger partial charge in [0.1, 0.15) is 11.6 Å². The molecule has 0 amide bonds. The first kappa shape index (κ1) is 16.4. The van der Waals surface area contributed by atoms with Gasteiger partial charge in [0.15, 0.2) is 5.69 Å². The highest BCUT2D eigenvalue weighted by Gasteiger charge is 2.22. The lowest BCUT2D eigenvalue weighted by molar-refractivity contribution is 0.103. The van der Waals surface area contributed by atoms with Crippen LogP contribution in [0.3, 0.4) is 0 Å². The summed E-state index contributed by atoms with van der Waals surface area (Å²) < 4.78 is 0.955. The second-order valence-electron chi connectivity index (χ2n) is 5.14. The first-order valence-corrected chi connectivity index (χ1v) is 7.59. The Hall–Kier alpha value is -3.43. The molecule has 0 fully saturated rings. The number of anilines is 1. The summed E-state index contributed by atoms with van der Waals surface area (Å²) in [4.78, 5) is 25.2. The van der Waals surface area contributed by atoms with Gasteiger partial charge in [0.25, 0.3) is 5.56 Å². The van der Waals surface area contributed by atoms with Gasteiger partial charge >= 0.3 is 0 Å². The second kappa shape index (κ2) is 6.59. The summed E-state index contributed by atoms with van der Waals surface area (Å²) in [6.45, 7) is 0. The van der Waals surface area contributed by atoms with Crippen molar-refractivity contribution >= 4 is 23.1 Å². The molecule has 2 aromatic carbocycles. The van der Waals surface area contributed by atoms with Crippen LogP contribution in [0.1, 0.15) is 21.6 Å². The Morgan fingerprint density at radius 2 is 1.88 bits per heavy atom. The van der Waals surface area contributed by atoms with Crippen molar-refractivity contribution < 1.29 is 4.79 Å². The van der Waals surface area contributed by atoms with Crippen molar-refractivity contribution in [3.8, 4) is 11.8 Å². The van der Waals surface area contributed by atoms with Crippen molar-refractivity contribution in [2.75, 3.05) is 5.73 Å². The Kier molecular flexibility index (Phi) is 4.33. The van der Waals surface area contributed by atoms with Gasteiger partial charge < -0.3 is 5.73 Å². The Morgan fingerprint density at radius 3 is 2.52 bits per heavy atom. The van der Waals surface area contributed by atoms with E-state index in [1.807, 2.05) is 0 Å². The molecule has 6 nitrogen and oxygen atoms in total. The zero-order chi connectivity index (χ0) is 18.0. The average Bonchev–Trinajstić information content (AvgIpc) is 2.62. The molecule has 0 aliphatic carbocycles. The molecular weight excluding hydrogens is 340 g/mol. The number of nitriles is 1. The number of rotatable bonds is 3. The fraction of sp³-hybridized carbons (Fsp3) is 0. The van der Waals surface area contributed by atoms with Crippen LogP contribution in [0.5, 0.6) is 0 Å². The van der Waals surface area contributed by atoms with Gasteiger partial charge in [-0.3, -0.25) is 9.59 Å². The normalized spacial score (nSPS) is 10.2. The molecule has 0 aliphatic rings. The zero-order valence-electron chi connectivity index (χ0n) is 12.8. The lowest BCUT2D eigenvalue weighted by Crippen LogP contribution is -2.28. The number of nitrogens with zero attached hydrogens (tertiary/aromatic N) is 3. The van der Waals surface area contributed by atoms with Crippen LogP contribution in [0.2, 0.25) is 5.02 Å². The summed E-state index contributed by atoms with van der Waals surface area (Å²) in [5.41, 5.74) is 5.09. The summed E-state index contributed by atoms with van der Waals surface area (Å²) in [6, 6.07) is 16.5. The monoisotopic (exact) mass is 350 g/mol. The molecule has 0 radical (unpaired) electrons. The highest BCUT2D eigenvalue weighted by Crippen LogP contribution is 2.18. The molecule has 0 saturated carbocycles. The van der Waals surface area contributed by atoms with E-state index >= 15 is 0 Å². The van der Waals surface area contributed by atoms with E-state index in [2.05, 4.69) is 5.10 Å². The number of carbonyl (C=O) groups excluding carboxylic acids is 1. The standard InChI is InChI=1S/C18H11ClN4O2/c19-12-7-4-8-13(9-12)23-18(25)14(10-20)15(21)16(22-23)17(24)11-5-2-1-3-6-11/h1-9H,21H2. The lowest BCUT2D eigenvalue weighted by Gasteiger charge is -2.11. The van der Waals surface area contributed by atoms with Crippen LogP contribution >= 0.6 is 11.6 Å². The molecule has 1 aromatic heterocycles. The summed E-state index contributed by atoms with van der Waals surface area (Å²) in [5.74, 6) is -0.481. The molecule has 122 valence electrons. The van der Waals surface area contributed by atoms with Crippen molar-refractivity contribution in [2.45, 2.75) is 0 Å². The predicted molar refractivity (Wildman–Crippen MR) is 93.8 cm³/mol. The molecule has 7 heteroatoms. The number of hydrogen-bond donors (Lipinski definition) is 1. The molecule has 0 spiro atoms. The third-order valence-corrected chi connectivity index (χ3v) is 3.78. The number of ketones is 1. The van der Waals surface area contributed by atoms with Crippen molar-refractivity contribution in [1.29, 1.82) is 5.26 Å². The Morgan fingerprint density at radius 1 is 1.16 bits per heavy atom. The van der Waals surface area contributed by atoms with Crippen LogP contribution in [-0.2, 0) is 0 Å². The fourth-order valence-electron chi connectivity index (χ4n) is 2.32. The molecule has 0 unspecified atom stereocenters. The third-order valence-electron chi connectivity index (χ3n) is 3.55. The van der Waals surface area contributed by atoms with E-state index in [1.165, 1.54) is 6.07 Å². The number of hydrogen-bond acceptors (Lipinski definition) is 5. The minimum atomic E-state index is -0.716. The predicted octanol–water partition coefficient (Wildman–Crippen LogP) is 2.57. The van der Waals surface area contributed by atoms with E-state index in [9.17, 15) is 14.9 Å². The summed E-state index contributed by atoms with van der Waals surface area (Å²) in [7, 11) is 0. The van der Waals surface area contributed by atoms with Crippen LogP contribution in [-0.4, -0.2) is 15.6 Å². The molecule has 3 rings (SSSR count). The SMILES string of the molecule is N#Cc1c(N)c(C(=O)c2ccccc2)nn(-c2cccc(Cl)c2)c1=O. The molecule has 2 N–H and O–H groups in total. The second-order valence-corrected chi connectivity index (χ2v) is 5.58. The molecule has 1 heterocycles. The van der Waals surface area contributed by atoms with Crippen LogP contribution in [0, 0.1) is 11.3 Å². The Bertz CT molecular complexity index is 1070. The first-order valence-electron chi connectivity index (χ1n) is 7.21. The molecule has 0 bridgehead atoms. The van der Waals surface area contributed by atoms with Crippen LogP contribution in [0.25, 0.3) is 5.69 Å². The summed E-state index contributed by atoms with van der Waals surface area (Å²) in [5, 5.41) is 13.8. The maximum absolute atomic E-state index is 12.7. The number of nitrogen functional groups attached to an aromatic ring is 1. The quantitative estimate of drug-likeness (QED) is 0.731. The van der Waals surface area contributed by atoms with Crippen LogP contribution in [0.15, 0.2) is 59.4 Å². The van der Waals surface area contributed by atoms with Gasteiger partial charge in [0.2, 0.25) is 5.78 Å². The molecule has 25 heavy (non-hydrogen) atoms. The lowest BCUT2D eigenvalue weighted by atomic mass is 10.1. The molecular formula is C18H11ClN4O2. The van der Waals surface area contributed by atoms with Gasteiger partial charge in [-0.2, -0.15) is 15.0 Å². The maximum Gasteiger partial charge on any atom is 0.291 e. The van der Waals surface area contributed by atoms with Crippen LogP contribution in [0.4, 0.5) is 5.69 Å². The minimum absolute atomic E-state index is 0.165. The summed E-state index contributed by atoms with van der Waals surface area (Å²) >= 11 is 5.95. The van der Waals surface area contributed by atoms with Crippen molar-refractivity contribution in [3.05, 3.63) is 86.8 Å². The van der Waals surface area contributed by atoms with E-state index in [0.717, 1.165) is 4.68 Å². The van der Waals surface area contributed by atoms with E-state index in [0.29, 0.717) is 16.3 Å². The number of benzene rings is 2. The van der Waals surface area contributed by atoms with Gasteiger partial charge in [0.05, 0.1) is 11.4 Å². The first-order chi connectivity index (χ1) is 12.0. The minimum Gasteiger partial charge on any atom is -0.396 e. The van der Waals surface area contributed by atoms with E-state index in [4.69, 9.17) is 17.3 Å². The Labute approximate surface area is 147 Å². The van der Waals surface area contributed by atoms with E-state index in [1.54, 1.807) is 54.6 Å². The highest BCUT2D eigenvalue weighted by molar-refractivity contribution is 6.30. The van der Waals surface area contributed by atoms with Gasteiger partial charge in [-0.05, 0) is 18.2 Å². The van der Waals surface area contributed by atoms with Crippen LogP contribution < -0.4 is 11.3 Å². The van der Waals surface area contributed by atoms with Crippen molar-refractivity contribution in [3.63, 3.8) is 0 Å². The topological polar surface area (TPSA) is 102 Å². The van der Waals surface area contributed by atoms with E-state index < -0.39 is 11.3 Å². The van der Waals surface area contributed by atoms with E-state index in [-0.39, 0.29) is 16.9 Å². The molecule has 3 aromatic rings. The molecule has 0 atom stereocenters. The smallest absolute Gasteiger partial charge is 0.291 e. The summed E-state index contributed by atoms with van der Waals surface area (Å²) in [6.07, 6.45) is 0. The highest BCUT2D eigenvalue weighted by atomic mass is 35.5. The van der Waals surface area contributed by atoms with Crippen molar-refractivity contribution in [2.24, 2.45) is 0 Å². The number of nitrogens with two attached hydrogens (primary N) is 1. The van der Waals surface area contributed by atoms with Gasteiger partial charge in [0, 0.05) is 10.6 Å². The average molecular weight is 351 g/mol. The van der Waals surface area contributed by atoms with Gasteiger partial charge in [-0.15, -0.1) is 0 Å².